The lowest BCUT2D eigenvalue weighted by Crippen LogP contribution is -2.45. The zero-order valence-corrected chi connectivity index (χ0v) is 11.0. The average Bonchev–Trinajstić information content (AvgIpc) is 2.53. The highest BCUT2D eigenvalue weighted by Gasteiger charge is 2.18. The van der Waals surface area contributed by atoms with Gasteiger partial charge in [-0.05, 0) is 27.7 Å². The van der Waals surface area contributed by atoms with Gasteiger partial charge in [0.2, 0.25) is 5.91 Å². The number of aryl methyl sites for hydroxylation is 1. The minimum Gasteiger partial charge on any atom is -0.382 e. The third-order valence-electron chi connectivity index (χ3n) is 2.13. The van der Waals surface area contributed by atoms with Gasteiger partial charge in [0.15, 0.2) is 5.82 Å². The molecule has 2 amide bonds. The van der Waals surface area contributed by atoms with Crippen LogP contribution in [0.25, 0.3) is 0 Å². The topological polar surface area (TPSA) is 113 Å². The molecule has 100 valence electrons. The number of nitrogens with zero attached hydrogens (tertiary/aromatic N) is 1. The van der Waals surface area contributed by atoms with Crippen LogP contribution >= 0.6 is 0 Å². The van der Waals surface area contributed by atoms with Gasteiger partial charge in [-0.2, -0.15) is 5.10 Å². The van der Waals surface area contributed by atoms with Gasteiger partial charge in [0, 0.05) is 11.2 Å². The van der Waals surface area contributed by atoms with Crippen LogP contribution in [0.4, 0.5) is 5.82 Å². The normalized spacial score (nSPS) is 11.1. The Morgan fingerprint density at radius 2 is 2.00 bits per heavy atom. The van der Waals surface area contributed by atoms with Crippen LogP contribution < -0.4 is 16.4 Å². The third-order valence-corrected chi connectivity index (χ3v) is 2.13. The summed E-state index contributed by atoms with van der Waals surface area (Å²) in [7, 11) is 0. The van der Waals surface area contributed by atoms with Crippen molar-refractivity contribution in [3.8, 4) is 0 Å². The van der Waals surface area contributed by atoms with Gasteiger partial charge in [0.25, 0.3) is 5.91 Å². The second-order valence-corrected chi connectivity index (χ2v) is 5.09. The van der Waals surface area contributed by atoms with Crippen LogP contribution in [0.1, 0.15) is 36.8 Å². The first-order valence-corrected chi connectivity index (χ1v) is 5.60. The van der Waals surface area contributed by atoms with E-state index in [-0.39, 0.29) is 29.4 Å². The first kappa shape index (κ1) is 14.0. The van der Waals surface area contributed by atoms with E-state index in [9.17, 15) is 9.59 Å². The maximum absolute atomic E-state index is 11.8. The van der Waals surface area contributed by atoms with Gasteiger partial charge in [-0.25, -0.2) is 0 Å². The molecule has 0 bridgehead atoms. The largest absolute Gasteiger partial charge is 0.382 e. The summed E-state index contributed by atoms with van der Waals surface area (Å²) in [6, 6.07) is 0. The first-order valence-electron chi connectivity index (χ1n) is 5.60. The molecule has 0 fully saturated rings. The van der Waals surface area contributed by atoms with Gasteiger partial charge in [-0.3, -0.25) is 14.7 Å². The summed E-state index contributed by atoms with van der Waals surface area (Å²) in [4.78, 5) is 23.3. The van der Waals surface area contributed by atoms with E-state index in [2.05, 4.69) is 20.8 Å². The summed E-state index contributed by atoms with van der Waals surface area (Å²) in [6.07, 6.45) is 0. The van der Waals surface area contributed by atoms with Gasteiger partial charge < -0.3 is 16.4 Å². The van der Waals surface area contributed by atoms with Crippen molar-refractivity contribution in [2.75, 3.05) is 12.3 Å². The quantitative estimate of drug-likeness (QED) is 0.604. The Hall–Kier alpha value is -2.05. The van der Waals surface area contributed by atoms with Crippen molar-refractivity contribution in [1.82, 2.24) is 20.8 Å². The molecule has 0 saturated carbocycles. The van der Waals surface area contributed by atoms with Gasteiger partial charge in [0.05, 0.1) is 6.54 Å². The number of rotatable bonds is 3. The van der Waals surface area contributed by atoms with E-state index < -0.39 is 5.91 Å². The molecule has 7 heteroatoms. The maximum Gasteiger partial charge on any atom is 0.257 e. The van der Waals surface area contributed by atoms with Crippen molar-refractivity contribution in [3.05, 3.63) is 11.3 Å². The SMILES string of the molecule is Cc1[nH]nc(N)c1C(=O)NCC(=O)NC(C)(C)C. The fourth-order valence-electron chi connectivity index (χ4n) is 1.45. The van der Waals surface area contributed by atoms with Crippen LogP contribution in [-0.2, 0) is 4.79 Å². The molecule has 0 unspecified atom stereocenters. The number of aromatic amines is 1. The van der Waals surface area contributed by atoms with Crippen molar-refractivity contribution in [1.29, 1.82) is 0 Å². The fraction of sp³-hybridized carbons (Fsp3) is 0.545. The number of carbonyl (C=O) groups is 2. The summed E-state index contributed by atoms with van der Waals surface area (Å²) in [5.41, 5.74) is 6.07. The molecule has 0 spiro atoms. The number of aromatic nitrogens is 2. The summed E-state index contributed by atoms with van der Waals surface area (Å²) >= 11 is 0. The zero-order valence-electron chi connectivity index (χ0n) is 11.0. The van der Waals surface area contributed by atoms with Crippen LogP contribution in [-0.4, -0.2) is 34.1 Å². The Balaban J connectivity index is 2.55. The second-order valence-electron chi connectivity index (χ2n) is 5.09. The smallest absolute Gasteiger partial charge is 0.257 e. The highest BCUT2D eigenvalue weighted by atomic mass is 16.2. The molecule has 0 aromatic carbocycles. The van der Waals surface area contributed by atoms with E-state index in [4.69, 9.17) is 5.73 Å². The van der Waals surface area contributed by atoms with Crippen molar-refractivity contribution < 1.29 is 9.59 Å². The van der Waals surface area contributed by atoms with E-state index in [1.165, 1.54) is 0 Å². The minimum atomic E-state index is -0.414. The van der Waals surface area contributed by atoms with Gasteiger partial charge in [-0.15, -0.1) is 0 Å². The summed E-state index contributed by atoms with van der Waals surface area (Å²) in [6.45, 7) is 7.19. The van der Waals surface area contributed by atoms with Crippen LogP contribution in [0.15, 0.2) is 0 Å². The first-order chi connectivity index (χ1) is 8.20. The molecule has 0 aliphatic heterocycles. The summed E-state index contributed by atoms with van der Waals surface area (Å²) < 4.78 is 0. The Morgan fingerprint density at radius 1 is 1.39 bits per heavy atom. The van der Waals surface area contributed by atoms with Gasteiger partial charge in [0.1, 0.15) is 5.56 Å². The fourth-order valence-corrected chi connectivity index (χ4v) is 1.45. The molecule has 0 atom stereocenters. The van der Waals surface area contributed by atoms with Crippen molar-refractivity contribution in [2.45, 2.75) is 33.2 Å². The molecule has 7 nitrogen and oxygen atoms in total. The zero-order chi connectivity index (χ0) is 13.9. The molecule has 0 aliphatic rings. The lowest BCUT2D eigenvalue weighted by Gasteiger charge is -2.20. The molecule has 0 radical (unpaired) electrons. The van der Waals surface area contributed by atoms with E-state index in [0.29, 0.717) is 5.69 Å². The Bertz CT molecular complexity index is 439. The van der Waals surface area contributed by atoms with Crippen LogP contribution in [0.5, 0.6) is 0 Å². The number of hydrogen-bond acceptors (Lipinski definition) is 4. The Labute approximate surface area is 106 Å². The van der Waals surface area contributed by atoms with Crippen LogP contribution in [0.2, 0.25) is 0 Å². The number of carbonyl (C=O) groups excluding carboxylic acids is 2. The molecular weight excluding hydrogens is 234 g/mol. The van der Waals surface area contributed by atoms with Gasteiger partial charge in [-0.1, -0.05) is 0 Å². The molecule has 1 rings (SSSR count). The number of hydrogen-bond donors (Lipinski definition) is 4. The highest BCUT2D eigenvalue weighted by molar-refractivity contribution is 6.01. The molecular formula is C11H19N5O2. The Morgan fingerprint density at radius 3 is 2.44 bits per heavy atom. The summed E-state index contributed by atoms with van der Waals surface area (Å²) in [5.74, 6) is -0.542. The number of nitrogens with two attached hydrogens (primary N) is 1. The van der Waals surface area contributed by atoms with E-state index in [0.717, 1.165) is 0 Å². The highest BCUT2D eigenvalue weighted by Crippen LogP contribution is 2.11. The lowest BCUT2D eigenvalue weighted by atomic mass is 10.1. The number of nitrogen functional groups attached to an aromatic ring is 1. The number of amides is 2. The van der Waals surface area contributed by atoms with Crippen molar-refractivity contribution in [2.24, 2.45) is 0 Å². The molecule has 18 heavy (non-hydrogen) atoms. The van der Waals surface area contributed by atoms with Gasteiger partial charge >= 0.3 is 0 Å². The Kier molecular flexibility index (Phi) is 3.95. The predicted molar refractivity (Wildman–Crippen MR) is 68.0 cm³/mol. The average molecular weight is 253 g/mol. The molecule has 0 saturated heterocycles. The van der Waals surface area contributed by atoms with E-state index >= 15 is 0 Å². The van der Waals surface area contributed by atoms with Crippen LogP contribution in [0, 0.1) is 6.92 Å². The molecule has 0 aliphatic carbocycles. The van der Waals surface area contributed by atoms with E-state index in [1.807, 2.05) is 20.8 Å². The second kappa shape index (κ2) is 5.07. The van der Waals surface area contributed by atoms with Crippen LogP contribution in [0.3, 0.4) is 0 Å². The third kappa shape index (κ3) is 3.76. The van der Waals surface area contributed by atoms with Crippen molar-refractivity contribution >= 4 is 17.6 Å². The predicted octanol–water partition coefficient (Wildman–Crippen LogP) is -0.0552. The molecule has 1 heterocycles. The molecule has 1 aromatic rings. The molecule has 1 aromatic heterocycles. The number of nitrogens with one attached hydrogen (secondary N) is 3. The lowest BCUT2D eigenvalue weighted by molar-refractivity contribution is -0.121. The summed E-state index contributed by atoms with van der Waals surface area (Å²) in [5, 5.41) is 11.6. The van der Waals surface area contributed by atoms with E-state index in [1.54, 1.807) is 6.92 Å². The standard InChI is InChI=1S/C11H19N5O2/c1-6-8(9(12)16-15-6)10(18)13-5-7(17)14-11(2,3)4/h5H2,1-4H3,(H,13,18)(H,14,17)(H3,12,15,16). The van der Waals surface area contributed by atoms with Crippen molar-refractivity contribution in [3.63, 3.8) is 0 Å². The number of H-pyrrole nitrogens is 1. The number of anilines is 1. The monoisotopic (exact) mass is 253 g/mol. The minimum absolute atomic E-state index is 0.0971. The maximum atomic E-state index is 11.8. The molecule has 5 N–H and O–H groups in total.